The van der Waals surface area contributed by atoms with Gasteiger partial charge in [-0.05, 0) is 23.1 Å². The summed E-state index contributed by atoms with van der Waals surface area (Å²) in [5.41, 5.74) is 2.71. The predicted octanol–water partition coefficient (Wildman–Crippen LogP) is 2.65. The minimum absolute atomic E-state index is 0.189. The van der Waals surface area contributed by atoms with Crippen molar-refractivity contribution in [1.82, 2.24) is 10.2 Å². The van der Waals surface area contributed by atoms with Gasteiger partial charge >= 0.3 is 5.97 Å². The fourth-order valence-corrected chi connectivity index (χ4v) is 6.59. The van der Waals surface area contributed by atoms with Gasteiger partial charge in [0.05, 0.1) is 5.25 Å². The number of benzene rings is 2. The van der Waals surface area contributed by atoms with E-state index < -0.39 is 40.5 Å². The Morgan fingerprint density at radius 2 is 1.85 bits per heavy atom. The Labute approximate surface area is 200 Å². The first-order valence-electron chi connectivity index (χ1n) is 10.6. The zero-order valence-corrected chi connectivity index (χ0v) is 19.6. The van der Waals surface area contributed by atoms with E-state index in [1.165, 1.54) is 23.6 Å². The van der Waals surface area contributed by atoms with Crippen molar-refractivity contribution in [1.29, 1.82) is 0 Å². The van der Waals surface area contributed by atoms with Crippen LogP contribution < -0.4 is 5.32 Å². The summed E-state index contributed by atoms with van der Waals surface area (Å²) in [6.45, 7) is 1.41. The second-order valence-corrected chi connectivity index (χ2v) is 10.5. The lowest BCUT2D eigenvalue weighted by Gasteiger charge is -2.29. The van der Waals surface area contributed by atoms with Gasteiger partial charge in [-0.15, -0.1) is 11.8 Å². The van der Waals surface area contributed by atoms with Crippen LogP contribution >= 0.6 is 23.5 Å². The van der Waals surface area contributed by atoms with E-state index in [1.807, 2.05) is 54.6 Å². The summed E-state index contributed by atoms with van der Waals surface area (Å²) in [5.74, 6) is -1.59. The van der Waals surface area contributed by atoms with Crippen molar-refractivity contribution in [2.45, 2.75) is 42.5 Å². The van der Waals surface area contributed by atoms with Gasteiger partial charge in [0.15, 0.2) is 5.12 Å². The number of hydrogen-bond donors (Lipinski definition) is 2. The van der Waals surface area contributed by atoms with Crippen molar-refractivity contribution in [2.75, 3.05) is 5.75 Å². The average molecular weight is 485 g/mol. The summed E-state index contributed by atoms with van der Waals surface area (Å²) >= 11 is 2.36. The van der Waals surface area contributed by atoms with Crippen LogP contribution in [0.1, 0.15) is 29.0 Å². The number of fused-ring (bicyclic) bond motifs is 3. The SMILES string of the molecule is CC(=O)SC(Cc1ccccc1)C(=O)N[C@H]1Cc2ccccc2[C@H]2SC[C@@H](C(=O)O)N2C1=O. The monoisotopic (exact) mass is 484 g/mol. The van der Waals surface area contributed by atoms with Crippen LogP contribution in [-0.4, -0.2) is 56.0 Å². The molecule has 0 bridgehead atoms. The molecule has 2 aliphatic rings. The maximum absolute atomic E-state index is 13.5. The number of nitrogens with zero attached hydrogens (tertiary/aromatic N) is 1. The fraction of sp³-hybridized carbons (Fsp3) is 0.333. The third-order valence-corrected chi connectivity index (χ3v) is 8.07. The molecule has 1 saturated heterocycles. The van der Waals surface area contributed by atoms with Crippen molar-refractivity contribution in [3.05, 3.63) is 71.3 Å². The minimum Gasteiger partial charge on any atom is -0.480 e. The number of carbonyl (C=O) groups is 4. The molecule has 1 fully saturated rings. The van der Waals surface area contributed by atoms with Crippen LogP contribution in [-0.2, 0) is 32.0 Å². The topological polar surface area (TPSA) is 104 Å². The third kappa shape index (κ3) is 5.09. The zero-order chi connectivity index (χ0) is 23.5. The molecule has 2 aromatic rings. The van der Waals surface area contributed by atoms with Crippen molar-refractivity contribution < 1.29 is 24.3 Å². The van der Waals surface area contributed by atoms with Crippen LogP contribution in [0.2, 0.25) is 0 Å². The van der Waals surface area contributed by atoms with E-state index in [4.69, 9.17) is 0 Å². The van der Waals surface area contributed by atoms with E-state index in [9.17, 15) is 24.3 Å². The lowest BCUT2D eigenvalue weighted by Crippen LogP contribution is -2.53. The number of carboxylic acid groups (broad SMARTS) is 1. The van der Waals surface area contributed by atoms with E-state index in [-0.39, 0.29) is 17.3 Å². The predicted molar refractivity (Wildman–Crippen MR) is 128 cm³/mol. The van der Waals surface area contributed by atoms with Gasteiger partial charge in [0, 0.05) is 19.1 Å². The van der Waals surface area contributed by atoms with Crippen LogP contribution in [0.25, 0.3) is 0 Å². The molecule has 2 aromatic carbocycles. The molecule has 33 heavy (non-hydrogen) atoms. The molecule has 172 valence electrons. The molecule has 4 atom stereocenters. The molecule has 2 heterocycles. The summed E-state index contributed by atoms with van der Waals surface area (Å²) in [6, 6.07) is 15.1. The standard InChI is InChI=1S/C24H24N2O5S2/c1-14(27)33-20(11-15-7-3-2-4-8-15)21(28)25-18-12-16-9-5-6-10-17(16)23-26(22(18)29)19(13-32-23)24(30)31/h2-10,18-20,23H,11-13H2,1H3,(H,25,28)(H,30,31)/t18-,19-,20?,23+/m0/s1. The van der Waals surface area contributed by atoms with Gasteiger partial charge in [-0.3, -0.25) is 14.4 Å². The Hall–Kier alpha value is -2.78. The lowest BCUT2D eigenvalue weighted by molar-refractivity contribution is -0.150. The molecule has 0 aromatic heterocycles. The molecule has 2 aliphatic heterocycles. The summed E-state index contributed by atoms with van der Waals surface area (Å²) in [6.07, 6.45) is 0.609. The number of rotatable bonds is 6. The van der Waals surface area contributed by atoms with Gasteiger partial charge in [-0.25, -0.2) is 4.79 Å². The van der Waals surface area contributed by atoms with Crippen LogP contribution in [0.3, 0.4) is 0 Å². The summed E-state index contributed by atoms with van der Waals surface area (Å²) in [4.78, 5) is 51.8. The van der Waals surface area contributed by atoms with Gasteiger partial charge in [0.2, 0.25) is 11.8 Å². The van der Waals surface area contributed by atoms with Crippen LogP contribution in [0.15, 0.2) is 54.6 Å². The first kappa shape index (κ1) is 23.4. The van der Waals surface area contributed by atoms with Crippen LogP contribution in [0, 0.1) is 0 Å². The first-order chi connectivity index (χ1) is 15.8. The maximum atomic E-state index is 13.5. The molecule has 0 spiro atoms. The molecule has 1 unspecified atom stereocenters. The highest BCUT2D eigenvalue weighted by Gasteiger charge is 2.47. The van der Waals surface area contributed by atoms with E-state index in [0.717, 1.165) is 28.5 Å². The Morgan fingerprint density at radius 1 is 1.15 bits per heavy atom. The molecule has 0 saturated carbocycles. The third-order valence-electron chi connectivity index (χ3n) is 5.76. The first-order valence-corrected chi connectivity index (χ1v) is 12.5. The maximum Gasteiger partial charge on any atom is 0.327 e. The Balaban J connectivity index is 1.61. The van der Waals surface area contributed by atoms with E-state index in [2.05, 4.69) is 5.32 Å². The molecular weight excluding hydrogens is 460 g/mol. The second-order valence-electron chi connectivity index (χ2n) is 8.04. The highest BCUT2D eigenvalue weighted by atomic mass is 32.2. The van der Waals surface area contributed by atoms with Gasteiger partial charge in [-0.2, -0.15) is 0 Å². The molecule has 7 nitrogen and oxygen atoms in total. The lowest BCUT2D eigenvalue weighted by atomic mass is 10.0. The number of carbonyl (C=O) groups excluding carboxylic acids is 3. The van der Waals surface area contributed by atoms with Crippen molar-refractivity contribution in [2.24, 2.45) is 0 Å². The quantitative estimate of drug-likeness (QED) is 0.650. The van der Waals surface area contributed by atoms with E-state index in [1.54, 1.807) is 0 Å². The van der Waals surface area contributed by atoms with E-state index in [0.29, 0.717) is 6.42 Å². The molecule has 0 aliphatic carbocycles. The Kier molecular flexibility index (Phi) is 7.09. The normalized spacial score (nSPS) is 22.6. The number of carboxylic acids is 1. The number of amides is 2. The smallest absolute Gasteiger partial charge is 0.327 e. The van der Waals surface area contributed by atoms with Crippen LogP contribution in [0.4, 0.5) is 0 Å². The average Bonchev–Trinajstić information content (AvgIpc) is 3.19. The fourth-order valence-electron chi connectivity index (χ4n) is 4.25. The van der Waals surface area contributed by atoms with Crippen molar-refractivity contribution >= 4 is 46.4 Å². The molecule has 4 rings (SSSR count). The molecule has 2 amide bonds. The Morgan fingerprint density at radius 3 is 2.55 bits per heavy atom. The van der Waals surface area contributed by atoms with Gasteiger partial charge in [0.1, 0.15) is 17.5 Å². The van der Waals surface area contributed by atoms with Crippen molar-refractivity contribution in [3.63, 3.8) is 0 Å². The van der Waals surface area contributed by atoms with Gasteiger partial charge < -0.3 is 15.3 Å². The number of thioether (sulfide) groups is 2. The minimum atomic E-state index is -1.06. The number of hydrogen-bond acceptors (Lipinski definition) is 6. The summed E-state index contributed by atoms with van der Waals surface area (Å²) in [5, 5.41) is 11.2. The van der Waals surface area contributed by atoms with E-state index >= 15 is 0 Å². The largest absolute Gasteiger partial charge is 0.480 e. The molecule has 9 heteroatoms. The highest BCUT2D eigenvalue weighted by Crippen LogP contribution is 2.45. The van der Waals surface area contributed by atoms with Crippen LogP contribution in [0.5, 0.6) is 0 Å². The molecule has 0 radical (unpaired) electrons. The summed E-state index contributed by atoms with van der Waals surface area (Å²) < 4.78 is 0. The molecular formula is C24H24N2O5S2. The van der Waals surface area contributed by atoms with Crippen molar-refractivity contribution in [3.8, 4) is 0 Å². The molecule has 2 N–H and O–H groups in total. The second kappa shape index (κ2) is 10.0. The van der Waals surface area contributed by atoms with Gasteiger partial charge in [-0.1, -0.05) is 66.4 Å². The summed E-state index contributed by atoms with van der Waals surface area (Å²) in [7, 11) is 0. The Bertz CT molecular complexity index is 1080. The zero-order valence-electron chi connectivity index (χ0n) is 18.0. The van der Waals surface area contributed by atoms with Gasteiger partial charge in [0.25, 0.3) is 0 Å². The number of nitrogens with one attached hydrogen (secondary N) is 1. The highest BCUT2D eigenvalue weighted by molar-refractivity contribution is 8.14. The number of aliphatic carboxylic acids is 1.